The van der Waals surface area contributed by atoms with Gasteiger partial charge in [-0.1, -0.05) is 29.8 Å². The van der Waals surface area contributed by atoms with Gasteiger partial charge in [-0.3, -0.25) is 0 Å². The summed E-state index contributed by atoms with van der Waals surface area (Å²) in [4.78, 5) is 15.4. The topological polar surface area (TPSA) is 96.1 Å². The molecule has 2 heterocycles. The minimum Gasteiger partial charge on any atom is -0.396 e. The van der Waals surface area contributed by atoms with E-state index in [2.05, 4.69) is 49.1 Å². The van der Waals surface area contributed by atoms with E-state index in [0.717, 1.165) is 18.7 Å². The molecule has 1 aliphatic rings. The van der Waals surface area contributed by atoms with E-state index in [1.165, 1.54) is 5.56 Å². The summed E-state index contributed by atoms with van der Waals surface area (Å²) in [5.74, 6) is 1.53. The Bertz CT molecular complexity index is 746. The average Bonchev–Trinajstić information content (AvgIpc) is 2.67. The van der Waals surface area contributed by atoms with Crippen LogP contribution in [0.3, 0.4) is 0 Å². The Labute approximate surface area is 153 Å². The fraction of sp³-hybridized carbons (Fsp3) is 0.500. The zero-order valence-electron chi connectivity index (χ0n) is 15.0. The lowest BCUT2D eigenvalue weighted by Crippen LogP contribution is -2.37. The summed E-state index contributed by atoms with van der Waals surface area (Å²) in [6.07, 6.45) is 1.18. The Morgan fingerprint density at radius 2 is 2.04 bits per heavy atom. The van der Waals surface area contributed by atoms with E-state index < -0.39 is 0 Å². The summed E-state index contributed by atoms with van der Waals surface area (Å²) >= 11 is 0. The second kappa shape index (κ2) is 9.30. The number of aryl methyl sites for hydroxylation is 2. The zero-order chi connectivity index (χ0) is 18.2. The molecule has 1 aromatic carbocycles. The van der Waals surface area contributed by atoms with Crippen molar-refractivity contribution in [3.8, 4) is 0 Å². The summed E-state index contributed by atoms with van der Waals surface area (Å²) in [5.41, 5.74) is 2.29. The molecular weight excluding hydrogens is 332 g/mol. The molecule has 138 valence electrons. The Morgan fingerprint density at radius 3 is 2.81 bits per heavy atom. The number of nitrogens with zero attached hydrogens (tertiary/aromatic N) is 6. The third-order valence-corrected chi connectivity index (χ3v) is 4.01. The van der Waals surface area contributed by atoms with Gasteiger partial charge in [0.2, 0.25) is 5.95 Å². The first-order chi connectivity index (χ1) is 12.7. The first kappa shape index (κ1) is 18.3. The Morgan fingerprint density at radius 1 is 1.19 bits per heavy atom. The van der Waals surface area contributed by atoms with Crippen LogP contribution in [-0.2, 0) is 17.7 Å². The van der Waals surface area contributed by atoms with E-state index >= 15 is 0 Å². The fourth-order valence-corrected chi connectivity index (χ4v) is 2.68. The maximum atomic E-state index is 9.06. The van der Waals surface area contributed by atoms with Gasteiger partial charge in [0.1, 0.15) is 5.82 Å². The van der Waals surface area contributed by atoms with E-state index in [-0.39, 0.29) is 6.61 Å². The van der Waals surface area contributed by atoms with Gasteiger partial charge in [0.25, 0.3) is 5.95 Å². The van der Waals surface area contributed by atoms with Gasteiger partial charge in [-0.05, 0) is 18.9 Å². The maximum Gasteiger partial charge on any atom is 0.273 e. The van der Waals surface area contributed by atoms with Crippen LogP contribution >= 0.6 is 0 Å². The van der Waals surface area contributed by atoms with E-state index in [9.17, 15) is 0 Å². The molecule has 1 fully saturated rings. The van der Waals surface area contributed by atoms with E-state index in [0.29, 0.717) is 50.3 Å². The molecule has 0 atom stereocenters. The number of ether oxygens (including phenoxy) is 1. The Hall–Kier alpha value is -2.45. The van der Waals surface area contributed by atoms with Crippen LogP contribution in [0.15, 0.2) is 34.5 Å². The molecule has 0 saturated carbocycles. The van der Waals surface area contributed by atoms with Gasteiger partial charge in [-0.2, -0.15) is 20.1 Å². The average molecular weight is 356 g/mol. The first-order valence-electron chi connectivity index (χ1n) is 8.86. The third kappa shape index (κ3) is 5.27. The summed E-state index contributed by atoms with van der Waals surface area (Å²) in [5, 5.41) is 17.5. The SMILES string of the molecule is Cc1cccc(CN=Nc2nc(CCCO)nc(N3CCOCC3)n2)c1. The quantitative estimate of drug-likeness (QED) is 0.764. The highest BCUT2D eigenvalue weighted by atomic mass is 16.5. The van der Waals surface area contributed by atoms with Gasteiger partial charge in [0.15, 0.2) is 0 Å². The van der Waals surface area contributed by atoms with Gasteiger partial charge in [-0.25, -0.2) is 0 Å². The van der Waals surface area contributed by atoms with Crippen LogP contribution in [0.5, 0.6) is 0 Å². The second-order valence-electron chi connectivity index (χ2n) is 6.17. The van der Waals surface area contributed by atoms with E-state index in [1.807, 2.05) is 12.1 Å². The number of morpholine rings is 1. The highest BCUT2D eigenvalue weighted by molar-refractivity contribution is 5.34. The number of aromatic nitrogens is 3. The van der Waals surface area contributed by atoms with Crippen LogP contribution in [0.25, 0.3) is 0 Å². The molecule has 1 aliphatic heterocycles. The summed E-state index contributed by atoms with van der Waals surface area (Å²) < 4.78 is 5.38. The van der Waals surface area contributed by atoms with Crippen molar-refractivity contribution in [3.05, 3.63) is 41.2 Å². The molecule has 0 bridgehead atoms. The summed E-state index contributed by atoms with van der Waals surface area (Å²) in [6.45, 7) is 5.42. The number of azo groups is 1. The number of anilines is 1. The standard InChI is InChI=1S/C18H24N6O2/c1-14-4-2-5-15(12-14)13-19-23-17-20-16(6-3-9-25)21-18(22-17)24-7-10-26-11-8-24/h2,4-5,12,25H,3,6-11,13H2,1H3. The minimum absolute atomic E-state index is 0.1000. The van der Waals surface area contributed by atoms with Gasteiger partial charge in [0, 0.05) is 26.1 Å². The molecular formula is C18H24N6O2. The largest absolute Gasteiger partial charge is 0.396 e. The molecule has 0 spiro atoms. The maximum absolute atomic E-state index is 9.06. The number of hydrogen-bond acceptors (Lipinski definition) is 8. The molecule has 0 aliphatic carbocycles. The molecule has 26 heavy (non-hydrogen) atoms. The van der Waals surface area contributed by atoms with Crippen molar-refractivity contribution in [3.63, 3.8) is 0 Å². The molecule has 1 saturated heterocycles. The van der Waals surface area contributed by atoms with Gasteiger partial charge in [0.05, 0.1) is 19.8 Å². The van der Waals surface area contributed by atoms with Crippen molar-refractivity contribution in [2.24, 2.45) is 10.2 Å². The molecule has 1 N–H and O–H groups in total. The molecule has 8 nitrogen and oxygen atoms in total. The number of hydrogen-bond donors (Lipinski definition) is 1. The van der Waals surface area contributed by atoms with Crippen LogP contribution in [0.4, 0.5) is 11.9 Å². The first-order valence-corrected chi connectivity index (χ1v) is 8.86. The predicted molar refractivity (Wildman–Crippen MR) is 97.7 cm³/mol. The lowest BCUT2D eigenvalue weighted by molar-refractivity contribution is 0.122. The zero-order valence-corrected chi connectivity index (χ0v) is 15.0. The molecule has 0 radical (unpaired) electrons. The predicted octanol–water partition coefficient (Wildman–Crippen LogP) is 2.23. The molecule has 2 aromatic rings. The van der Waals surface area contributed by atoms with Crippen LogP contribution in [0, 0.1) is 6.92 Å². The minimum atomic E-state index is 0.1000. The monoisotopic (exact) mass is 356 g/mol. The van der Waals surface area contributed by atoms with Crippen molar-refractivity contribution in [2.75, 3.05) is 37.8 Å². The van der Waals surface area contributed by atoms with Gasteiger partial charge >= 0.3 is 0 Å². The number of aliphatic hydroxyl groups excluding tert-OH is 1. The van der Waals surface area contributed by atoms with Gasteiger partial charge < -0.3 is 14.7 Å². The third-order valence-electron chi connectivity index (χ3n) is 4.01. The van der Waals surface area contributed by atoms with Crippen molar-refractivity contribution in [1.29, 1.82) is 0 Å². The smallest absolute Gasteiger partial charge is 0.273 e. The van der Waals surface area contributed by atoms with Crippen LogP contribution in [0.2, 0.25) is 0 Å². The van der Waals surface area contributed by atoms with E-state index in [4.69, 9.17) is 9.84 Å². The van der Waals surface area contributed by atoms with Crippen molar-refractivity contribution >= 4 is 11.9 Å². The Balaban J connectivity index is 1.76. The molecule has 1 aromatic heterocycles. The second-order valence-corrected chi connectivity index (χ2v) is 6.17. The van der Waals surface area contributed by atoms with Crippen molar-refractivity contribution < 1.29 is 9.84 Å². The molecule has 3 rings (SSSR count). The van der Waals surface area contributed by atoms with Crippen LogP contribution in [0.1, 0.15) is 23.4 Å². The highest BCUT2D eigenvalue weighted by Crippen LogP contribution is 2.16. The van der Waals surface area contributed by atoms with E-state index in [1.54, 1.807) is 0 Å². The van der Waals surface area contributed by atoms with Crippen molar-refractivity contribution in [2.45, 2.75) is 26.3 Å². The van der Waals surface area contributed by atoms with Crippen LogP contribution < -0.4 is 4.90 Å². The normalized spacial score (nSPS) is 14.9. The lowest BCUT2D eigenvalue weighted by Gasteiger charge is -2.26. The Kier molecular flexibility index (Phi) is 6.56. The highest BCUT2D eigenvalue weighted by Gasteiger charge is 2.16. The summed E-state index contributed by atoms with van der Waals surface area (Å²) in [6, 6.07) is 8.16. The number of benzene rings is 1. The fourth-order valence-electron chi connectivity index (χ4n) is 2.68. The summed E-state index contributed by atoms with van der Waals surface area (Å²) in [7, 11) is 0. The van der Waals surface area contributed by atoms with Gasteiger partial charge in [-0.15, -0.1) is 5.11 Å². The lowest BCUT2D eigenvalue weighted by atomic mass is 10.1. The van der Waals surface area contributed by atoms with Crippen molar-refractivity contribution in [1.82, 2.24) is 15.0 Å². The number of rotatable bonds is 7. The molecule has 0 unspecified atom stereocenters. The number of aliphatic hydroxyl groups is 1. The molecule has 8 heteroatoms. The van der Waals surface area contributed by atoms with Crippen LogP contribution in [-0.4, -0.2) is 53.0 Å². The molecule has 0 amide bonds.